The van der Waals surface area contributed by atoms with Crippen molar-refractivity contribution in [3.8, 4) is 0 Å². The molecule has 0 unspecified atom stereocenters. The Bertz CT molecular complexity index is 100.0. The minimum absolute atomic E-state index is 0.0890. The van der Waals surface area contributed by atoms with Gasteiger partial charge in [0.15, 0.2) is 0 Å². The molecule has 54 valence electrons. The van der Waals surface area contributed by atoms with Crippen LogP contribution in [0.1, 0.15) is 20.8 Å². The van der Waals surface area contributed by atoms with Crippen LogP contribution in [-0.4, -0.2) is 11.7 Å². The molecule has 0 atom stereocenters. The monoisotopic (exact) mass is 130 g/mol. The Balaban J connectivity index is 3.39. The topological polar surface area (TPSA) is 29.5 Å². The lowest BCUT2D eigenvalue weighted by Gasteiger charge is -2.17. The zero-order valence-electron chi connectivity index (χ0n) is 6.27. The molecule has 0 spiro atoms. The maximum absolute atomic E-state index is 8.50. The number of hydrogen-bond donors (Lipinski definition) is 1. The van der Waals surface area contributed by atoms with E-state index in [1.165, 1.54) is 0 Å². The zero-order valence-corrected chi connectivity index (χ0v) is 6.27. The third kappa shape index (κ3) is 7.34. The van der Waals surface area contributed by atoms with Crippen LogP contribution in [0, 0.1) is 5.41 Å². The standard InChI is InChI=1S/C7H14O2/c1-6(8)9-5-7(2,3)4/h8H,1,5H2,2-4H3. The average Bonchev–Trinajstić information content (AvgIpc) is 1.59. The predicted molar refractivity (Wildman–Crippen MR) is 37.2 cm³/mol. The van der Waals surface area contributed by atoms with E-state index in [-0.39, 0.29) is 11.4 Å². The van der Waals surface area contributed by atoms with Gasteiger partial charge in [0, 0.05) is 0 Å². The number of aliphatic hydroxyl groups excluding tert-OH is 1. The van der Waals surface area contributed by atoms with Gasteiger partial charge in [0.1, 0.15) is 0 Å². The van der Waals surface area contributed by atoms with Gasteiger partial charge in [-0.25, -0.2) is 0 Å². The van der Waals surface area contributed by atoms with Crippen molar-refractivity contribution in [3.63, 3.8) is 0 Å². The van der Waals surface area contributed by atoms with Crippen LogP contribution in [0.4, 0.5) is 0 Å². The summed E-state index contributed by atoms with van der Waals surface area (Å²) in [5.41, 5.74) is 0.0890. The SMILES string of the molecule is C=C(O)OCC(C)(C)C. The van der Waals surface area contributed by atoms with Crippen LogP contribution in [0.5, 0.6) is 0 Å². The lowest BCUT2D eigenvalue weighted by atomic mass is 9.99. The van der Waals surface area contributed by atoms with Gasteiger partial charge in [0.25, 0.3) is 5.95 Å². The molecular formula is C7H14O2. The van der Waals surface area contributed by atoms with Crippen molar-refractivity contribution < 1.29 is 9.84 Å². The summed E-state index contributed by atoms with van der Waals surface area (Å²) in [6, 6.07) is 0. The van der Waals surface area contributed by atoms with E-state index in [1.807, 2.05) is 20.8 Å². The van der Waals surface area contributed by atoms with E-state index in [2.05, 4.69) is 6.58 Å². The largest absolute Gasteiger partial charge is 0.481 e. The van der Waals surface area contributed by atoms with Crippen LogP contribution in [0.15, 0.2) is 12.5 Å². The first-order chi connectivity index (χ1) is 3.92. The highest BCUT2D eigenvalue weighted by Crippen LogP contribution is 2.13. The maximum atomic E-state index is 8.50. The Morgan fingerprint density at radius 3 is 2.11 bits per heavy atom. The minimum Gasteiger partial charge on any atom is -0.481 e. The molecule has 0 radical (unpaired) electrons. The molecule has 0 saturated carbocycles. The Labute approximate surface area is 56.1 Å². The molecule has 0 aromatic rings. The molecule has 0 amide bonds. The second-order valence-corrected chi connectivity index (χ2v) is 3.24. The molecule has 9 heavy (non-hydrogen) atoms. The molecular weight excluding hydrogens is 116 g/mol. The van der Waals surface area contributed by atoms with E-state index in [9.17, 15) is 0 Å². The van der Waals surface area contributed by atoms with Crippen LogP contribution < -0.4 is 0 Å². The lowest BCUT2D eigenvalue weighted by Crippen LogP contribution is -2.13. The van der Waals surface area contributed by atoms with Gasteiger partial charge in [0.05, 0.1) is 6.61 Å². The Morgan fingerprint density at radius 1 is 1.56 bits per heavy atom. The third-order valence-corrected chi connectivity index (χ3v) is 0.672. The second-order valence-electron chi connectivity index (χ2n) is 3.24. The van der Waals surface area contributed by atoms with Crippen molar-refractivity contribution >= 4 is 0 Å². The molecule has 0 bridgehead atoms. The van der Waals surface area contributed by atoms with Gasteiger partial charge in [-0.2, -0.15) is 0 Å². The summed E-state index contributed by atoms with van der Waals surface area (Å²) in [6.07, 6.45) is 0. The van der Waals surface area contributed by atoms with Crippen LogP contribution in [-0.2, 0) is 4.74 Å². The number of rotatable bonds is 2. The van der Waals surface area contributed by atoms with E-state index < -0.39 is 0 Å². The van der Waals surface area contributed by atoms with Crippen molar-refractivity contribution in [1.29, 1.82) is 0 Å². The summed E-state index contributed by atoms with van der Waals surface area (Å²) in [6.45, 7) is 9.77. The fourth-order valence-corrected chi connectivity index (χ4v) is 0.300. The summed E-state index contributed by atoms with van der Waals surface area (Å²) in [5, 5.41) is 8.50. The molecule has 0 saturated heterocycles. The van der Waals surface area contributed by atoms with Gasteiger partial charge >= 0.3 is 0 Å². The minimum atomic E-state index is -0.204. The predicted octanol–water partition coefficient (Wildman–Crippen LogP) is 2.08. The first kappa shape index (κ1) is 8.34. The molecule has 0 rings (SSSR count). The van der Waals surface area contributed by atoms with Crippen molar-refractivity contribution in [1.82, 2.24) is 0 Å². The molecule has 0 aliphatic rings. The highest BCUT2D eigenvalue weighted by Gasteiger charge is 2.10. The molecule has 0 heterocycles. The van der Waals surface area contributed by atoms with Crippen molar-refractivity contribution in [2.75, 3.05) is 6.61 Å². The fraction of sp³-hybridized carbons (Fsp3) is 0.714. The maximum Gasteiger partial charge on any atom is 0.269 e. The third-order valence-electron chi connectivity index (χ3n) is 0.672. The van der Waals surface area contributed by atoms with E-state index in [1.54, 1.807) is 0 Å². The highest BCUT2D eigenvalue weighted by atomic mass is 16.6. The molecule has 0 aromatic heterocycles. The summed E-state index contributed by atoms with van der Waals surface area (Å²) in [5.74, 6) is -0.204. The molecule has 0 aliphatic carbocycles. The summed E-state index contributed by atoms with van der Waals surface area (Å²) in [4.78, 5) is 0. The van der Waals surface area contributed by atoms with E-state index in [0.29, 0.717) is 6.61 Å². The molecule has 0 fully saturated rings. The van der Waals surface area contributed by atoms with Gasteiger partial charge in [-0.1, -0.05) is 20.8 Å². The highest BCUT2D eigenvalue weighted by molar-refractivity contribution is 4.67. The molecule has 0 aliphatic heterocycles. The summed E-state index contributed by atoms with van der Waals surface area (Å²) < 4.78 is 4.77. The fourth-order valence-electron chi connectivity index (χ4n) is 0.300. The van der Waals surface area contributed by atoms with E-state index >= 15 is 0 Å². The Kier molecular flexibility index (Phi) is 2.56. The molecule has 2 heteroatoms. The average molecular weight is 130 g/mol. The number of aliphatic hydroxyl groups is 1. The smallest absolute Gasteiger partial charge is 0.269 e. The molecule has 2 nitrogen and oxygen atoms in total. The Hall–Kier alpha value is -0.660. The van der Waals surface area contributed by atoms with Crippen molar-refractivity contribution in [2.45, 2.75) is 20.8 Å². The Morgan fingerprint density at radius 2 is 2.00 bits per heavy atom. The van der Waals surface area contributed by atoms with Gasteiger partial charge in [0.2, 0.25) is 0 Å². The van der Waals surface area contributed by atoms with E-state index in [4.69, 9.17) is 9.84 Å². The van der Waals surface area contributed by atoms with Crippen LogP contribution in [0.2, 0.25) is 0 Å². The number of ether oxygens (including phenoxy) is 1. The van der Waals surface area contributed by atoms with E-state index in [0.717, 1.165) is 0 Å². The molecule has 1 N–H and O–H groups in total. The zero-order chi connectivity index (χ0) is 7.49. The second kappa shape index (κ2) is 2.76. The first-order valence-corrected chi connectivity index (χ1v) is 2.92. The van der Waals surface area contributed by atoms with Crippen LogP contribution in [0.25, 0.3) is 0 Å². The number of hydrogen-bond acceptors (Lipinski definition) is 2. The quantitative estimate of drug-likeness (QED) is 0.580. The van der Waals surface area contributed by atoms with Crippen molar-refractivity contribution in [3.05, 3.63) is 12.5 Å². The summed E-state index contributed by atoms with van der Waals surface area (Å²) in [7, 11) is 0. The lowest BCUT2D eigenvalue weighted by molar-refractivity contribution is 0.0501. The van der Waals surface area contributed by atoms with Gasteiger partial charge in [-0.3, -0.25) is 0 Å². The van der Waals surface area contributed by atoms with Gasteiger partial charge in [-0.15, -0.1) is 0 Å². The van der Waals surface area contributed by atoms with Crippen LogP contribution in [0.3, 0.4) is 0 Å². The van der Waals surface area contributed by atoms with Gasteiger partial charge < -0.3 is 9.84 Å². The summed E-state index contributed by atoms with van der Waals surface area (Å²) >= 11 is 0. The van der Waals surface area contributed by atoms with Crippen molar-refractivity contribution in [2.24, 2.45) is 5.41 Å². The first-order valence-electron chi connectivity index (χ1n) is 2.92. The van der Waals surface area contributed by atoms with Gasteiger partial charge in [-0.05, 0) is 12.0 Å². The molecule has 0 aromatic carbocycles. The van der Waals surface area contributed by atoms with Crippen LogP contribution >= 0.6 is 0 Å². The normalized spacial score (nSPS) is 11.0.